The number of hydrogen-bond acceptors (Lipinski definition) is 0. The molecule has 0 heterocycles. The zero-order chi connectivity index (χ0) is 4.00. The Morgan fingerprint density at radius 2 is 1.25 bits per heavy atom. The van der Waals surface area contributed by atoms with E-state index in [4.69, 9.17) is 0 Å². The fourth-order valence-corrected chi connectivity index (χ4v) is 0. The third-order valence-electron chi connectivity index (χ3n) is 0. The minimum Gasteiger partial charge on any atom is -0.106 e. The molecule has 0 bridgehead atoms. The Morgan fingerprint density at radius 3 is 1.25 bits per heavy atom. The zero-order valence-electron chi connectivity index (χ0n) is 4.41. The molecule has 0 aromatic carbocycles. The lowest BCUT2D eigenvalue weighted by molar-refractivity contribution is 1.50. The summed E-state index contributed by atoms with van der Waals surface area (Å²) in [5, 5.41) is 0. The standard InChI is InChI=1S/C2H6.C2H4/c2*1-2/h1-2H3;1-2H2/p+1. The van der Waals surface area contributed by atoms with Gasteiger partial charge in [-0.3, -0.25) is 0 Å². The molecule has 0 heteroatoms. The molecule has 0 saturated heterocycles. The predicted octanol–water partition coefficient (Wildman–Crippen LogP) is 1.94. The summed E-state index contributed by atoms with van der Waals surface area (Å²) in [5.41, 5.74) is 0. The van der Waals surface area contributed by atoms with Gasteiger partial charge in [-0.2, -0.15) is 0 Å². The van der Waals surface area contributed by atoms with Crippen LogP contribution in [-0.4, -0.2) is 0 Å². The van der Waals surface area contributed by atoms with E-state index in [2.05, 4.69) is 13.2 Å². The Kier molecular flexibility index (Phi) is 285. The molecule has 4 heavy (non-hydrogen) atoms. The van der Waals surface area contributed by atoms with Crippen LogP contribution in [0, 0.1) is 0 Å². The fraction of sp³-hybridized carbons (Fsp3) is 0.500. The first-order valence-electron chi connectivity index (χ1n) is 1.50. The molecule has 0 saturated carbocycles. The summed E-state index contributed by atoms with van der Waals surface area (Å²) in [5.74, 6) is 0. The maximum Gasteiger partial charge on any atom is 1.00 e. The van der Waals surface area contributed by atoms with Crippen LogP contribution >= 0.6 is 0 Å². The SMILES string of the molecule is C=C.CC.[H+]. The molecule has 0 unspecified atom stereocenters. The van der Waals surface area contributed by atoms with Crippen molar-refractivity contribution in [3.05, 3.63) is 13.2 Å². The van der Waals surface area contributed by atoms with Crippen molar-refractivity contribution in [1.29, 1.82) is 0 Å². The van der Waals surface area contributed by atoms with E-state index in [1.807, 2.05) is 13.8 Å². The Bertz CT molecular complexity index is 3.61. The lowest BCUT2D eigenvalue weighted by Gasteiger charge is -1.07. The van der Waals surface area contributed by atoms with Gasteiger partial charge in [0.1, 0.15) is 0 Å². The summed E-state index contributed by atoms with van der Waals surface area (Å²) in [6.45, 7) is 10.0. The molecule has 0 aromatic heterocycles. The molecule has 0 aromatic rings. The molecule has 0 radical (unpaired) electrons. The highest BCUT2D eigenvalue weighted by Crippen LogP contribution is 1.14. The van der Waals surface area contributed by atoms with Gasteiger partial charge < -0.3 is 0 Å². The van der Waals surface area contributed by atoms with Crippen molar-refractivity contribution >= 4 is 0 Å². The summed E-state index contributed by atoms with van der Waals surface area (Å²) in [6.07, 6.45) is 0. The Hall–Kier alpha value is -0.260. The molecular formula is C4H11+. The van der Waals surface area contributed by atoms with Crippen LogP contribution in [0.4, 0.5) is 0 Å². The first kappa shape index (κ1) is 9.27. The lowest BCUT2D eigenvalue weighted by Crippen LogP contribution is -0.856. The van der Waals surface area contributed by atoms with E-state index in [-0.39, 0.29) is 1.43 Å². The first-order valence-corrected chi connectivity index (χ1v) is 1.50. The maximum atomic E-state index is 3.00. The van der Waals surface area contributed by atoms with E-state index < -0.39 is 0 Å². The highest BCUT2D eigenvalue weighted by molar-refractivity contribution is 4.22. The topological polar surface area (TPSA) is 0 Å². The molecule has 26 valence electrons. The molecule has 0 atom stereocenters. The summed E-state index contributed by atoms with van der Waals surface area (Å²) >= 11 is 0. The van der Waals surface area contributed by atoms with Crippen LogP contribution in [0.1, 0.15) is 15.3 Å². The normalized spacial score (nSPS) is 2.50. The Balaban J connectivity index is -0.0000000133. The van der Waals surface area contributed by atoms with Gasteiger partial charge in [0.2, 0.25) is 0 Å². The molecule has 0 nitrogen and oxygen atoms in total. The highest BCUT2D eigenvalue weighted by Gasteiger charge is 0.932. The van der Waals surface area contributed by atoms with E-state index >= 15 is 0 Å². The van der Waals surface area contributed by atoms with Crippen LogP contribution < -0.4 is 0 Å². The van der Waals surface area contributed by atoms with Gasteiger partial charge in [-0.05, 0) is 0 Å². The van der Waals surface area contributed by atoms with Crippen molar-refractivity contribution in [2.24, 2.45) is 0 Å². The number of hydrogen-bond donors (Lipinski definition) is 0. The Morgan fingerprint density at radius 1 is 1.25 bits per heavy atom. The van der Waals surface area contributed by atoms with Crippen molar-refractivity contribution in [2.45, 2.75) is 13.8 Å². The monoisotopic (exact) mass is 59.1 g/mol. The van der Waals surface area contributed by atoms with Gasteiger partial charge in [0.25, 0.3) is 0 Å². The van der Waals surface area contributed by atoms with Crippen LogP contribution in [0.3, 0.4) is 0 Å². The second kappa shape index (κ2) is 123. The average Bonchev–Trinajstić information content (AvgIpc) is 1.50. The molecule has 0 spiro atoms. The second-order valence-electron chi connectivity index (χ2n) is 0. The smallest absolute Gasteiger partial charge is 0.106 e. The summed E-state index contributed by atoms with van der Waals surface area (Å²) in [7, 11) is 0. The van der Waals surface area contributed by atoms with Crippen molar-refractivity contribution < 1.29 is 1.43 Å². The van der Waals surface area contributed by atoms with Crippen LogP contribution in [0.25, 0.3) is 0 Å². The lowest BCUT2D eigenvalue weighted by atomic mass is 11.0. The van der Waals surface area contributed by atoms with E-state index in [0.717, 1.165) is 0 Å². The summed E-state index contributed by atoms with van der Waals surface area (Å²) < 4.78 is 0. The van der Waals surface area contributed by atoms with E-state index in [0.29, 0.717) is 0 Å². The largest absolute Gasteiger partial charge is 1.00 e. The van der Waals surface area contributed by atoms with Gasteiger partial charge in [0.15, 0.2) is 0 Å². The zero-order valence-corrected chi connectivity index (χ0v) is 3.41. The third-order valence-corrected chi connectivity index (χ3v) is 0. The molecule has 0 amide bonds. The van der Waals surface area contributed by atoms with Crippen molar-refractivity contribution in [3.63, 3.8) is 0 Å². The predicted molar refractivity (Wildman–Crippen MR) is 23.7 cm³/mol. The minimum absolute atomic E-state index is 0. The van der Waals surface area contributed by atoms with Crippen LogP contribution in [0.2, 0.25) is 0 Å². The Labute approximate surface area is 29.6 Å². The van der Waals surface area contributed by atoms with Gasteiger partial charge in [-0.15, -0.1) is 13.2 Å². The number of rotatable bonds is 0. The summed E-state index contributed by atoms with van der Waals surface area (Å²) in [4.78, 5) is 0. The second-order valence-corrected chi connectivity index (χ2v) is 0. The maximum absolute atomic E-state index is 3.00. The van der Waals surface area contributed by atoms with Crippen LogP contribution in [0.15, 0.2) is 13.2 Å². The van der Waals surface area contributed by atoms with E-state index in [9.17, 15) is 0 Å². The van der Waals surface area contributed by atoms with Gasteiger partial charge in [0, 0.05) is 0 Å². The molecule has 0 aliphatic heterocycles. The van der Waals surface area contributed by atoms with E-state index in [1.165, 1.54) is 0 Å². The molecule has 0 aliphatic rings. The summed E-state index contributed by atoms with van der Waals surface area (Å²) in [6, 6.07) is 0. The average molecular weight is 59.1 g/mol. The van der Waals surface area contributed by atoms with Gasteiger partial charge in [-0.1, -0.05) is 13.8 Å². The highest BCUT2D eigenvalue weighted by atomic mass is 13.0. The first-order chi connectivity index (χ1) is 2.00. The van der Waals surface area contributed by atoms with Gasteiger partial charge in [-0.25, -0.2) is 0 Å². The fourth-order valence-electron chi connectivity index (χ4n) is 0. The molecular weight excluding hydrogens is 48.0 g/mol. The third kappa shape index (κ3) is 14.1. The quantitative estimate of drug-likeness (QED) is 0.374. The van der Waals surface area contributed by atoms with Gasteiger partial charge >= 0.3 is 1.43 Å². The molecule has 0 N–H and O–H groups in total. The van der Waals surface area contributed by atoms with Crippen molar-refractivity contribution in [1.82, 2.24) is 0 Å². The molecule has 0 fully saturated rings. The van der Waals surface area contributed by atoms with E-state index in [1.54, 1.807) is 0 Å². The van der Waals surface area contributed by atoms with Crippen LogP contribution in [-0.2, 0) is 0 Å². The molecule has 0 rings (SSSR count). The minimum atomic E-state index is 0. The van der Waals surface area contributed by atoms with Crippen LogP contribution in [0.5, 0.6) is 0 Å². The van der Waals surface area contributed by atoms with Gasteiger partial charge in [0.05, 0.1) is 0 Å². The molecule has 0 aliphatic carbocycles. The van der Waals surface area contributed by atoms with Crippen molar-refractivity contribution in [2.75, 3.05) is 0 Å². The van der Waals surface area contributed by atoms with Crippen molar-refractivity contribution in [3.8, 4) is 0 Å².